The van der Waals surface area contributed by atoms with Gasteiger partial charge in [-0.1, -0.05) is 69.3 Å². The van der Waals surface area contributed by atoms with Gasteiger partial charge in [0.1, 0.15) is 13.2 Å². The fourth-order valence-corrected chi connectivity index (χ4v) is 4.10. The van der Waals surface area contributed by atoms with Gasteiger partial charge in [-0.2, -0.15) is 0 Å². The smallest absolute Gasteiger partial charge is 0.260 e. The number of nitrogens with zero attached hydrogens (tertiary/aromatic N) is 1. The predicted molar refractivity (Wildman–Crippen MR) is 134 cm³/mol. The number of rotatable bonds is 9. The van der Waals surface area contributed by atoms with E-state index in [9.17, 15) is 18.0 Å². The highest BCUT2D eigenvalue weighted by Gasteiger charge is 2.20. The van der Waals surface area contributed by atoms with E-state index in [4.69, 9.17) is 4.74 Å². The number of hydrogen-bond donors (Lipinski definition) is 2. The van der Waals surface area contributed by atoms with Crippen LogP contribution in [-0.4, -0.2) is 33.4 Å². The van der Waals surface area contributed by atoms with Gasteiger partial charge in [0.2, 0.25) is 0 Å². The predicted octanol–water partition coefficient (Wildman–Crippen LogP) is 3.68. The molecular weight excluding hydrogens is 466 g/mol. The van der Waals surface area contributed by atoms with E-state index in [1.54, 1.807) is 36.4 Å². The zero-order valence-corrected chi connectivity index (χ0v) is 20.7. The first-order chi connectivity index (χ1) is 16.6. The van der Waals surface area contributed by atoms with Crippen molar-refractivity contribution in [2.24, 2.45) is 0 Å². The summed E-state index contributed by atoms with van der Waals surface area (Å²) in [5.41, 5.74) is 4.28. The normalized spacial score (nSPS) is 11.6. The maximum absolute atomic E-state index is 12.9. The molecule has 2 amide bonds. The third-order valence-electron chi connectivity index (χ3n) is 5.09. The number of hydrogen-bond acceptors (Lipinski definition) is 5. The van der Waals surface area contributed by atoms with Crippen LogP contribution in [0.1, 0.15) is 26.3 Å². The van der Waals surface area contributed by atoms with Crippen LogP contribution in [0.15, 0.2) is 89.8 Å². The summed E-state index contributed by atoms with van der Waals surface area (Å²) in [5, 5.41) is 0. The number of carbonyl (C=O) groups excluding carboxylic acids is 2. The quantitative estimate of drug-likeness (QED) is 0.441. The fraction of sp³-hybridized carbons (Fsp3) is 0.231. The van der Waals surface area contributed by atoms with E-state index in [0.29, 0.717) is 11.4 Å². The van der Waals surface area contributed by atoms with Crippen LogP contribution < -0.4 is 15.2 Å². The van der Waals surface area contributed by atoms with Gasteiger partial charge in [0.15, 0.2) is 0 Å². The molecule has 0 saturated carbocycles. The molecule has 0 aromatic heterocycles. The van der Waals surface area contributed by atoms with Gasteiger partial charge in [-0.25, -0.2) is 8.42 Å². The van der Waals surface area contributed by atoms with Crippen molar-refractivity contribution >= 4 is 33.2 Å². The Labute approximate surface area is 205 Å². The van der Waals surface area contributed by atoms with E-state index < -0.39 is 22.5 Å². The summed E-state index contributed by atoms with van der Waals surface area (Å²) >= 11 is 0. The highest BCUT2D eigenvalue weighted by molar-refractivity contribution is 7.89. The number of amides is 2. The molecule has 0 unspecified atom stereocenters. The number of hydrazine groups is 1. The van der Waals surface area contributed by atoms with Gasteiger partial charge >= 0.3 is 0 Å². The highest BCUT2D eigenvalue weighted by Crippen LogP contribution is 2.25. The number of benzene rings is 3. The summed E-state index contributed by atoms with van der Waals surface area (Å²) in [5.74, 6) is -1.12. The summed E-state index contributed by atoms with van der Waals surface area (Å²) in [4.78, 5) is 28.5. The molecule has 0 fully saturated rings. The van der Waals surface area contributed by atoms with Gasteiger partial charge in [-0.05, 0) is 47.4 Å². The van der Waals surface area contributed by atoms with E-state index in [0.717, 1.165) is 5.56 Å². The van der Waals surface area contributed by atoms with Gasteiger partial charge in [0.25, 0.3) is 21.8 Å². The molecule has 3 aromatic rings. The number of sulfonamides is 1. The maximum Gasteiger partial charge on any atom is 0.260 e. The molecule has 0 bridgehead atoms. The third-order valence-corrected chi connectivity index (χ3v) is 6.36. The number of ether oxygens (including phenoxy) is 1. The lowest BCUT2D eigenvalue weighted by atomic mass is 9.87. The molecule has 0 atom stereocenters. The second kappa shape index (κ2) is 11.3. The van der Waals surface area contributed by atoms with Crippen LogP contribution in [0, 0.1) is 0 Å². The van der Waals surface area contributed by atoms with Crippen molar-refractivity contribution in [3.63, 3.8) is 0 Å². The molecule has 0 saturated heterocycles. The van der Waals surface area contributed by atoms with Gasteiger partial charge in [-0.15, -0.1) is 4.83 Å². The molecule has 0 aliphatic heterocycles. The molecular formula is C26H29N3O5S. The van der Waals surface area contributed by atoms with Crippen molar-refractivity contribution in [2.45, 2.75) is 31.1 Å². The summed E-state index contributed by atoms with van der Waals surface area (Å²) in [6.07, 6.45) is 0. The molecule has 9 heteroatoms. The Morgan fingerprint density at radius 3 is 1.80 bits per heavy atom. The monoisotopic (exact) mass is 495 g/mol. The number of nitrogens with one attached hydrogen (secondary N) is 2. The summed E-state index contributed by atoms with van der Waals surface area (Å²) in [6.45, 7) is 5.20. The van der Waals surface area contributed by atoms with Crippen molar-refractivity contribution < 1.29 is 22.7 Å². The van der Waals surface area contributed by atoms with Crippen LogP contribution in [-0.2, 0) is 29.8 Å². The van der Waals surface area contributed by atoms with Gasteiger partial charge < -0.3 is 4.74 Å². The lowest BCUT2D eigenvalue weighted by Gasteiger charge is -2.23. The Bertz CT molecular complexity index is 1200. The Morgan fingerprint density at radius 2 is 1.31 bits per heavy atom. The minimum Gasteiger partial charge on any atom is -0.362 e. The van der Waals surface area contributed by atoms with E-state index in [2.05, 4.69) is 5.43 Å². The molecule has 0 aliphatic carbocycles. The van der Waals surface area contributed by atoms with Crippen molar-refractivity contribution in [3.8, 4) is 0 Å². The third kappa shape index (κ3) is 7.22. The number of anilines is 2. The van der Waals surface area contributed by atoms with E-state index in [1.807, 2.05) is 62.0 Å². The van der Waals surface area contributed by atoms with E-state index in [1.165, 1.54) is 17.0 Å². The van der Waals surface area contributed by atoms with E-state index in [-0.39, 0.29) is 22.8 Å². The Morgan fingerprint density at radius 1 is 0.800 bits per heavy atom. The van der Waals surface area contributed by atoms with Crippen molar-refractivity contribution in [1.29, 1.82) is 0 Å². The second-order valence-corrected chi connectivity index (χ2v) is 10.5. The lowest BCUT2D eigenvalue weighted by molar-refractivity contribution is -0.129. The standard InChI is InChI=1S/C26H29N3O5S/c1-26(2,3)20-14-16-23(17-15-20)35(32,33)28-27-24(30)18-34-19-25(31)29(21-10-6-4-7-11-21)22-12-8-5-9-13-22/h4-17,28H,18-19H2,1-3H3,(H,27,30). The molecule has 35 heavy (non-hydrogen) atoms. The largest absolute Gasteiger partial charge is 0.362 e. The minimum atomic E-state index is -3.96. The van der Waals surface area contributed by atoms with Crippen molar-refractivity contribution in [3.05, 3.63) is 90.5 Å². The Hall–Kier alpha value is -3.53. The van der Waals surface area contributed by atoms with Gasteiger partial charge in [0.05, 0.1) is 4.90 Å². The van der Waals surface area contributed by atoms with Gasteiger partial charge in [0, 0.05) is 11.4 Å². The van der Waals surface area contributed by atoms with Crippen LogP contribution in [0.25, 0.3) is 0 Å². The van der Waals surface area contributed by atoms with Crippen LogP contribution in [0.3, 0.4) is 0 Å². The molecule has 8 nitrogen and oxygen atoms in total. The average Bonchev–Trinajstić information content (AvgIpc) is 2.84. The SMILES string of the molecule is CC(C)(C)c1ccc(S(=O)(=O)NNC(=O)COCC(=O)N(c2ccccc2)c2ccccc2)cc1. The fourth-order valence-electron chi connectivity index (χ4n) is 3.24. The second-order valence-electron chi connectivity index (χ2n) is 8.82. The average molecular weight is 496 g/mol. The van der Waals surface area contributed by atoms with E-state index >= 15 is 0 Å². The first kappa shape index (κ1) is 26.1. The van der Waals surface area contributed by atoms with Crippen molar-refractivity contribution in [1.82, 2.24) is 10.3 Å². The van der Waals surface area contributed by atoms with Crippen LogP contribution in [0.4, 0.5) is 11.4 Å². The molecule has 3 aromatic carbocycles. The number of para-hydroxylation sites is 2. The first-order valence-corrected chi connectivity index (χ1v) is 12.5. The van der Waals surface area contributed by atoms with Crippen LogP contribution >= 0.6 is 0 Å². The molecule has 184 valence electrons. The molecule has 0 aliphatic rings. The molecule has 2 N–H and O–H groups in total. The Balaban J connectivity index is 1.54. The highest BCUT2D eigenvalue weighted by atomic mass is 32.2. The van der Waals surface area contributed by atoms with Crippen molar-refractivity contribution in [2.75, 3.05) is 18.1 Å². The molecule has 3 rings (SSSR count). The topological polar surface area (TPSA) is 105 Å². The molecule has 0 radical (unpaired) electrons. The van der Waals surface area contributed by atoms with Crippen LogP contribution in [0.2, 0.25) is 0 Å². The minimum absolute atomic E-state index is 0.0169. The summed E-state index contributed by atoms with van der Waals surface area (Å²) < 4.78 is 30.2. The number of carbonyl (C=O) groups is 2. The zero-order chi connectivity index (χ0) is 25.5. The summed E-state index contributed by atoms with van der Waals surface area (Å²) in [7, 11) is -3.96. The lowest BCUT2D eigenvalue weighted by Crippen LogP contribution is -2.43. The van der Waals surface area contributed by atoms with Crippen LogP contribution in [0.5, 0.6) is 0 Å². The molecule has 0 heterocycles. The first-order valence-electron chi connectivity index (χ1n) is 11.0. The van der Waals surface area contributed by atoms with Gasteiger partial charge in [-0.3, -0.25) is 19.9 Å². The maximum atomic E-state index is 12.9. The zero-order valence-electron chi connectivity index (χ0n) is 19.9. The summed E-state index contributed by atoms with van der Waals surface area (Å²) in [6, 6.07) is 24.5. The Kier molecular flexibility index (Phi) is 8.39. The molecule has 0 spiro atoms.